The van der Waals surface area contributed by atoms with Crippen LogP contribution in [-0.2, 0) is 17.5 Å². The molecule has 0 aliphatic rings. The van der Waals surface area contributed by atoms with Gasteiger partial charge in [-0.15, -0.1) is 0 Å². The van der Waals surface area contributed by atoms with Crippen LogP contribution in [0, 0.1) is 13.8 Å². The average Bonchev–Trinajstić information content (AvgIpc) is 2.60. The topological polar surface area (TPSA) is 38.3 Å². The zero-order valence-corrected chi connectivity index (χ0v) is 15.0. The number of aryl methyl sites for hydroxylation is 1. The molecule has 1 atom stereocenters. The third kappa shape index (κ3) is 5.00. The number of nitrogens with one attached hydrogen (secondary N) is 1. The van der Waals surface area contributed by atoms with E-state index in [9.17, 15) is 18.0 Å². The predicted octanol–water partition coefficient (Wildman–Crippen LogP) is 4.80. The van der Waals surface area contributed by atoms with Gasteiger partial charge in [0, 0.05) is 6.54 Å². The van der Waals surface area contributed by atoms with Gasteiger partial charge in [-0.25, -0.2) is 0 Å². The number of amides is 1. The highest BCUT2D eigenvalue weighted by atomic mass is 19.4. The van der Waals surface area contributed by atoms with Crippen molar-refractivity contribution in [1.29, 1.82) is 0 Å². The number of hydrogen-bond acceptors (Lipinski definition) is 2. The summed E-state index contributed by atoms with van der Waals surface area (Å²) in [6.07, 6.45) is -4.67. The van der Waals surface area contributed by atoms with Crippen LogP contribution in [0.3, 0.4) is 0 Å². The number of carbonyl (C=O) groups excluding carboxylic acids is 1. The van der Waals surface area contributed by atoms with Crippen LogP contribution in [-0.4, -0.2) is 12.0 Å². The minimum Gasteiger partial charge on any atom is -0.480 e. The molecule has 2 aromatic carbocycles. The third-order valence-electron chi connectivity index (χ3n) is 4.21. The molecule has 0 aromatic heterocycles. The highest BCUT2D eigenvalue weighted by Crippen LogP contribution is 2.29. The van der Waals surface area contributed by atoms with E-state index in [1.165, 1.54) is 6.07 Å². The first kappa shape index (κ1) is 19.8. The van der Waals surface area contributed by atoms with Crippen molar-refractivity contribution in [3.05, 3.63) is 64.7 Å². The maximum absolute atomic E-state index is 12.8. The fourth-order valence-corrected chi connectivity index (χ4v) is 2.49. The number of rotatable bonds is 6. The molecule has 0 unspecified atom stereocenters. The Bertz CT molecular complexity index is 772. The molecule has 1 N–H and O–H groups in total. The lowest BCUT2D eigenvalue weighted by atomic mass is 10.1. The summed E-state index contributed by atoms with van der Waals surface area (Å²) in [5.74, 6) is 0.275. The maximum Gasteiger partial charge on any atom is 0.416 e. The fraction of sp³-hybridized carbons (Fsp3) is 0.350. The molecular weight excluding hydrogens is 343 g/mol. The molecule has 2 aromatic rings. The van der Waals surface area contributed by atoms with Crippen molar-refractivity contribution in [1.82, 2.24) is 5.32 Å². The van der Waals surface area contributed by atoms with Gasteiger partial charge in [-0.05, 0) is 55.2 Å². The van der Waals surface area contributed by atoms with Gasteiger partial charge in [-0.3, -0.25) is 4.79 Å². The minimum absolute atomic E-state index is 0.00934. The Morgan fingerprint density at radius 2 is 1.85 bits per heavy atom. The summed E-state index contributed by atoms with van der Waals surface area (Å²) in [5.41, 5.74) is 1.66. The molecular formula is C20H22F3NO2. The summed E-state index contributed by atoms with van der Waals surface area (Å²) in [7, 11) is 0. The van der Waals surface area contributed by atoms with Crippen LogP contribution in [0.5, 0.6) is 5.75 Å². The second-order valence-corrected chi connectivity index (χ2v) is 6.13. The number of ether oxygens (including phenoxy) is 1. The second-order valence-electron chi connectivity index (χ2n) is 6.13. The number of halogens is 3. The molecule has 26 heavy (non-hydrogen) atoms. The molecule has 0 heterocycles. The SMILES string of the molecule is CC[C@H](Oc1cccc(C)c1C)C(=O)NCc1cccc(C(F)(F)F)c1. The van der Waals surface area contributed by atoms with E-state index in [1.54, 1.807) is 12.1 Å². The van der Waals surface area contributed by atoms with Crippen LogP contribution >= 0.6 is 0 Å². The van der Waals surface area contributed by atoms with Gasteiger partial charge >= 0.3 is 6.18 Å². The molecule has 0 saturated heterocycles. The van der Waals surface area contributed by atoms with E-state index in [2.05, 4.69) is 5.32 Å². The zero-order chi connectivity index (χ0) is 19.3. The van der Waals surface area contributed by atoms with Crippen molar-refractivity contribution in [2.45, 2.75) is 46.0 Å². The first-order chi connectivity index (χ1) is 12.2. The Kier molecular flexibility index (Phi) is 6.29. The molecule has 0 fully saturated rings. The first-order valence-electron chi connectivity index (χ1n) is 8.39. The molecule has 0 radical (unpaired) electrons. The van der Waals surface area contributed by atoms with Crippen LogP contribution in [0.4, 0.5) is 13.2 Å². The summed E-state index contributed by atoms with van der Waals surface area (Å²) < 4.78 is 44.1. The quantitative estimate of drug-likeness (QED) is 0.799. The number of alkyl halides is 3. The highest BCUT2D eigenvalue weighted by Gasteiger charge is 2.30. The molecule has 1 amide bonds. The molecule has 2 rings (SSSR count). The normalized spacial score (nSPS) is 12.5. The molecule has 0 saturated carbocycles. The molecule has 0 aliphatic heterocycles. The number of benzene rings is 2. The molecule has 0 aliphatic carbocycles. The molecule has 140 valence electrons. The Labute approximate surface area is 151 Å². The van der Waals surface area contributed by atoms with Crippen LogP contribution in [0.2, 0.25) is 0 Å². The summed E-state index contributed by atoms with van der Waals surface area (Å²) in [4.78, 5) is 12.4. The number of carbonyl (C=O) groups is 1. The fourth-order valence-electron chi connectivity index (χ4n) is 2.49. The lowest BCUT2D eigenvalue weighted by Gasteiger charge is -2.19. The van der Waals surface area contributed by atoms with Crippen molar-refractivity contribution in [3.8, 4) is 5.75 Å². The third-order valence-corrected chi connectivity index (χ3v) is 4.21. The van der Waals surface area contributed by atoms with Crippen LogP contribution in [0.15, 0.2) is 42.5 Å². The molecule has 3 nitrogen and oxygen atoms in total. The van der Waals surface area contributed by atoms with Crippen molar-refractivity contribution in [2.24, 2.45) is 0 Å². The summed E-state index contributed by atoms with van der Waals surface area (Å²) >= 11 is 0. The predicted molar refractivity (Wildman–Crippen MR) is 93.9 cm³/mol. The van der Waals surface area contributed by atoms with Crippen molar-refractivity contribution >= 4 is 5.91 Å². The Morgan fingerprint density at radius 1 is 1.15 bits per heavy atom. The van der Waals surface area contributed by atoms with E-state index in [1.807, 2.05) is 32.9 Å². The molecule has 6 heteroatoms. The van der Waals surface area contributed by atoms with E-state index in [0.29, 0.717) is 17.7 Å². The molecule has 0 spiro atoms. The lowest BCUT2D eigenvalue weighted by Crippen LogP contribution is -2.37. The summed E-state index contributed by atoms with van der Waals surface area (Å²) in [6, 6.07) is 10.5. The van der Waals surface area contributed by atoms with Crippen molar-refractivity contribution < 1.29 is 22.7 Å². The minimum atomic E-state index is -4.40. The Morgan fingerprint density at radius 3 is 2.50 bits per heavy atom. The second kappa shape index (κ2) is 8.25. The first-order valence-corrected chi connectivity index (χ1v) is 8.39. The Balaban J connectivity index is 2.02. The van der Waals surface area contributed by atoms with Crippen LogP contribution in [0.25, 0.3) is 0 Å². The van der Waals surface area contributed by atoms with Gasteiger partial charge in [0.1, 0.15) is 5.75 Å². The van der Waals surface area contributed by atoms with E-state index in [0.717, 1.165) is 23.3 Å². The maximum atomic E-state index is 12.8. The van der Waals surface area contributed by atoms with Crippen LogP contribution < -0.4 is 10.1 Å². The number of hydrogen-bond donors (Lipinski definition) is 1. The average molecular weight is 365 g/mol. The van der Waals surface area contributed by atoms with Gasteiger partial charge in [0.25, 0.3) is 5.91 Å². The van der Waals surface area contributed by atoms with E-state index < -0.39 is 17.8 Å². The van der Waals surface area contributed by atoms with E-state index in [4.69, 9.17) is 4.74 Å². The van der Waals surface area contributed by atoms with Gasteiger partial charge in [0.2, 0.25) is 0 Å². The Hall–Kier alpha value is -2.50. The summed E-state index contributed by atoms with van der Waals surface area (Å²) in [5, 5.41) is 2.65. The van der Waals surface area contributed by atoms with Gasteiger partial charge in [0.05, 0.1) is 5.56 Å². The van der Waals surface area contributed by atoms with Gasteiger partial charge < -0.3 is 10.1 Å². The molecule has 0 bridgehead atoms. The van der Waals surface area contributed by atoms with Gasteiger partial charge in [0.15, 0.2) is 6.10 Å². The van der Waals surface area contributed by atoms with Crippen molar-refractivity contribution in [3.63, 3.8) is 0 Å². The van der Waals surface area contributed by atoms with E-state index in [-0.39, 0.29) is 12.5 Å². The largest absolute Gasteiger partial charge is 0.480 e. The zero-order valence-electron chi connectivity index (χ0n) is 15.0. The lowest BCUT2D eigenvalue weighted by molar-refractivity contribution is -0.137. The van der Waals surface area contributed by atoms with Crippen molar-refractivity contribution in [2.75, 3.05) is 0 Å². The highest BCUT2D eigenvalue weighted by molar-refractivity contribution is 5.81. The van der Waals surface area contributed by atoms with Crippen LogP contribution in [0.1, 0.15) is 35.6 Å². The van der Waals surface area contributed by atoms with Gasteiger partial charge in [-0.2, -0.15) is 13.2 Å². The smallest absolute Gasteiger partial charge is 0.416 e. The standard InChI is InChI=1S/C20H22F3NO2/c1-4-17(26-18-10-5-7-13(2)14(18)3)19(25)24-12-15-8-6-9-16(11-15)20(21,22)23/h5-11,17H,4,12H2,1-3H3,(H,24,25)/t17-/m0/s1. The van der Waals surface area contributed by atoms with E-state index >= 15 is 0 Å². The summed E-state index contributed by atoms with van der Waals surface area (Å²) in [6.45, 7) is 5.70. The monoisotopic (exact) mass is 365 g/mol. The van der Waals surface area contributed by atoms with Gasteiger partial charge in [-0.1, -0.05) is 31.2 Å².